The maximum Gasteiger partial charge on any atom is 0.0982 e. The van der Waals surface area contributed by atoms with Gasteiger partial charge in [-0.3, -0.25) is 0 Å². The van der Waals surface area contributed by atoms with E-state index in [1.165, 1.54) is 16.3 Å². The van der Waals surface area contributed by atoms with E-state index in [2.05, 4.69) is 72.5 Å². The predicted molar refractivity (Wildman–Crippen MR) is 91.7 cm³/mol. The summed E-state index contributed by atoms with van der Waals surface area (Å²) in [5.74, 6) is 0. The molecule has 0 amide bonds. The fraction of sp³-hybridized carbons (Fsp3) is 0.438. The molecule has 0 radical (unpaired) electrons. The van der Waals surface area contributed by atoms with Gasteiger partial charge in [0.2, 0.25) is 0 Å². The van der Waals surface area contributed by atoms with Crippen molar-refractivity contribution in [3.05, 3.63) is 44.3 Å². The Morgan fingerprint density at radius 3 is 2.65 bits per heavy atom. The Morgan fingerprint density at radius 2 is 2.05 bits per heavy atom. The molecule has 0 atom stereocenters. The standard InChI is InChI=1S/C16H21BrN2S/c1-5-11-8-12(17)6-7-14(11)18-9-13-10-20-15(19-13)16(2,3)4/h6-8,10,18H,5,9H2,1-4H3. The number of nitrogens with one attached hydrogen (secondary N) is 1. The van der Waals surface area contributed by atoms with Crippen LogP contribution in [0.3, 0.4) is 0 Å². The Kier molecular flexibility index (Phi) is 4.86. The predicted octanol–water partition coefficient (Wildman–Crippen LogP) is 5.38. The third-order valence-electron chi connectivity index (χ3n) is 3.10. The van der Waals surface area contributed by atoms with Crippen LogP contribution in [0.15, 0.2) is 28.1 Å². The molecule has 2 rings (SSSR count). The molecule has 0 saturated heterocycles. The average Bonchev–Trinajstić information content (AvgIpc) is 2.86. The van der Waals surface area contributed by atoms with Crippen molar-refractivity contribution in [1.29, 1.82) is 0 Å². The topological polar surface area (TPSA) is 24.9 Å². The SMILES string of the molecule is CCc1cc(Br)ccc1NCc1csc(C(C)(C)C)n1. The molecule has 4 heteroatoms. The minimum absolute atomic E-state index is 0.134. The zero-order chi connectivity index (χ0) is 14.8. The van der Waals surface area contributed by atoms with E-state index in [0.717, 1.165) is 23.1 Å². The number of rotatable bonds is 4. The molecule has 1 aromatic heterocycles. The summed E-state index contributed by atoms with van der Waals surface area (Å²) >= 11 is 5.27. The molecular formula is C16H21BrN2S. The number of benzene rings is 1. The van der Waals surface area contributed by atoms with Gasteiger partial charge in [0.25, 0.3) is 0 Å². The van der Waals surface area contributed by atoms with Crippen LogP contribution in [0.5, 0.6) is 0 Å². The molecule has 0 spiro atoms. The summed E-state index contributed by atoms with van der Waals surface area (Å²) in [6.07, 6.45) is 1.02. The smallest absolute Gasteiger partial charge is 0.0982 e. The molecule has 0 unspecified atom stereocenters. The molecule has 0 aliphatic rings. The maximum absolute atomic E-state index is 4.72. The van der Waals surface area contributed by atoms with E-state index in [0.29, 0.717) is 0 Å². The van der Waals surface area contributed by atoms with Gasteiger partial charge in [0.1, 0.15) is 0 Å². The third-order valence-corrected chi connectivity index (χ3v) is 4.91. The summed E-state index contributed by atoms with van der Waals surface area (Å²) in [5.41, 5.74) is 3.77. The van der Waals surface area contributed by atoms with Crippen molar-refractivity contribution in [1.82, 2.24) is 4.98 Å². The molecule has 2 nitrogen and oxygen atoms in total. The van der Waals surface area contributed by atoms with Crippen molar-refractivity contribution in [2.45, 2.75) is 46.1 Å². The van der Waals surface area contributed by atoms with E-state index in [9.17, 15) is 0 Å². The number of hydrogen-bond acceptors (Lipinski definition) is 3. The minimum atomic E-state index is 0.134. The van der Waals surface area contributed by atoms with Gasteiger partial charge in [-0.1, -0.05) is 43.6 Å². The largest absolute Gasteiger partial charge is 0.379 e. The zero-order valence-electron chi connectivity index (χ0n) is 12.5. The number of aromatic nitrogens is 1. The van der Waals surface area contributed by atoms with Gasteiger partial charge < -0.3 is 5.32 Å². The summed E-state index contributed by atoms with van der Waals surface area (Å²) in [7, 11) is 0. The lowest BCUT2D eigenvalue weighted by molar-refractivity contribution is 0.583. The molecule has 0 aliphatic carbocycles. The van der Waals surface area contributed by atoms with Gasteiger partial charge in [-0.05, 0) is 30.2 Å². The lowest BCUT2D eigenvalue weighted by Crippen LogP contribution is -2.11. The van der Waals surface area contributed by atoms with Crippen molar-refractivity contribution in [3.8, 4) is 0 Å². The summed E-state index contributed by atoms with van der Waals surface area (Å²) in [5, 5.41) is 6.84. The normalized spacial score (nSPS) is 11.7. The second kappa shape index (κ2) is 6.27. The van der Waals surface area contributed by atoms with Crippen molar-refractivity contribution < 1.29 is 0 Å². The summed E-state index contributed by atoms with van der Waals surface area (Å²) in [6.45, 7) is 9.56. The molecule has 0 saturated carbocycles. The van der Waals surface area contributed by atoms with Crippen molar-refractivity contribution >= 4 is 33.0 Å². The summed E-state index contributed by atoms with van der Waals surface area (Å²) in [4.78, 5) is 4.72. The van der Waals surface area contributed by atoms with Gasteiger partial charge >= 0.3 is 0 Å². The van der Waals surface area contributed by atoms with Crippen molar-refractivity contribution in [2.24, 2.45) is 0 Å². The van der Waals surface area contributed by atoms with E-state index < -0.39 is 0 Å². The Bertz CT molecular complexity index is 584. The van der Waals surface area contributed by atoms with Crippen LogP contribution in [0.4, 0.5) is 5.69 Å². The highest BCUT2D eigenvalue weighted by molar-refractivity contribution is 9.10. The molecule has 1 aromatic carbocycles. The van der Waals surface area contributed by atoms with Crippen molar-refractivity contribution in [3.63, 3.8) is 0 Å². The number of hydrogen-bond donors (Lipinski definition) is 1. The molecule has 0 bridgehead atoms. The first kappa shape index (κ1) is 15.5. The number of nitrogens with zero attached hydrogens (tertiary/aromatic N) is 1. The third kappa shape index (κ3) is 3.83. The van der Waals surface area contributed by atoms with Gasteiger partial charge in [-0.25, -0.2) is 4.98 Å². The van der Waals surface area contributed by atoms with E-state index in [4.69, 9.17) is 4.98 Å². The number of thiazole rings is 1. The van der Waals surface area contributed by atoms with E-state index in [1.807, 2.05) is 0 Å². The molecule has 1 N–H and O–H groups in total. The lowest BCUT2D eigenvalue weighted by atomic mass is 9.98. The van der Waals surface area contributed by atoms with Gasteiger partial charge in [-0.2, -0.15) is 0 Å². The monoisotopic (exact) mass is 352 g/mol. The van der Waals surface area contributed by atoms with Crippen LogP contribution in [0.2, 0.25) is 0 Å². The second-order valence-electron chi connectivity index (χ2n) is 5.90. The first-order valence-electron chi connectivity index (χ1n) is 6.87. The number of aryl methyl sites for hydroxylation is 1. The highest BCUT2D eigenvalue weighted by Crippen LogP contribution is 2.26. The zero-order valence-corrected chi connectivity index (χ0v) is 14.9. The average molecular weight is 353 g/mol. The quantitative estimate of drug-likeness (QED) is 0.798. The second-order valence-corrected chi connectivity index (χ2v) is 7.68. The van der Waals surface area contributed by atoms with Gasteiger partial charge in [0.05, 0.1) is 17.2 Å². The highest BCUT2D eigenvalue weighted by atomic mass is 79.9. The van der Waals surface area contributed by atoms with Crippen LogP contribution in [0, 0.1) is 0 Å². The molecule has 20 heavy (non-hydrogen) atoms. The van der Waals surface area contributed by atoms with E-state index in [1.54, 1.807) is 11.3 Å². The van der Waals surface area contributed by atoms with Gasteiger partial charge in [0, 0.05) is 21.0 Å². The summed E-state index contributed by atoms with van der Waals surface area (Å²) in [6, 6.07) is 6.37. The molecule has 1 heterocycles. The van der Waals surface area contributed by atoms with Crippen LogP contribution in [0.1, 0.15) is 44.0 Å². The van der Waals surface area contributed by atoms with Crippen LogP contribution in [-0.2, 0) is 18.4 Å². The van der Waals surface area contributed by atoms with E-state index >= 15 is 0 Å². The van der Waals surface area contributed by atoms with Gasteiger partial charge in [-0.15, -0.1) is 11.3 Å². The Balaban J connectivity index is 2.07. The summed E-state index contributed by atoms with van der Waals surface area (Å²) < 4.78 is 1.13. The minimum Gasteiger partial charge on any atom is -0.379 e. The van der Waals surface area contributed by atoms with Crippen molar-refractivity contribution in [2.75, 3.05) is 5.32 Å². The Hall–Kier alpha value is -0.870. The molecule has 0 aliphatic heterocycles. The first-order valence-corrected chi connectivity index (χ1v) is 8.54. The molecule has 2 aromatic rings. The Labute approximate surface area is 133 Å². The van der Waals surface area contributed by atoms with Crippen LogP contribution >= 0.6 is 27.3 Å². The van der Waals surface area contributed by atoms with Crippen LogP contribution in [-0.4, -0.2) is 4.98 Å². The number of anilines is 1. The maximum atomic E-state index is 4.72. The Morgan fingerprint density at radius 1 is 1.30 bits per heavy atom. The molecular weight excluding hydrogens is 332 g/mol. The molecule has 108 valence electrons. The van der Waals surface area contributed by atoms with Gasteiger partial charge in [0.15, 0.2) is 0 Å². The molecule has 0 fully saturated rings. The van der Waals surface area contributed by atoms with Crippen LogP contribution < -0.4 is 5.32 Å². The van der Waals surface area contributed by atoms with Crippen LogP contribution in [0.25, 0.3) is 0 Å². The fourth-order valence-electron chi connectivity index (χ4n) is 1.95. The first-order chi connectivity index (χ1) is 9.40. The number of halogens is 1. The fourth-order valence-corrected chi connectivity index (χ4v) is 3.26. The highest BCUT2D eigenvalue weighted by Gasteiger charge is 2.17. The van der Waals surface area contributed by atoms with E-state index in [-0.39, 0.29) is 5.41 Å². The lowest BCUT2D eigenvalue weighted by Gasteiger charge is -2.14.